The maximum Gasteiger partial charge on any atom is 0.0771 e. The van der Waals surface area contributed by atoms with Crippen molar-refractivity contribution in [2.24, 2.45) is 5.92 Å². The van der Waals surface area contributed by atoms with Gasteiger partial charge in [-0.25, -0.2) is 0 Å². The molecular weight excluding hydrogens is 218 g/mol. The van der Waals surface area contributed by atoms with Crippen LogP contribution in [0.2, 0.25) is 0 Å². The van der Waals surface area contributed by atoms with Crippen LogP contribution in [0.3, 0.4) is 0 Å². The molecule has 0 amide bonds. The molecule has 2 aliphatic rings. The fourth-order valence-corrected chi connectivity index (χ4v) is 4.05. The minimum atomic E-state index is -0.487. The summed E-state index contributed by atoms with van der Waals surface area (Å²) >= 11 is 2.04. The molecule has 1 aliphatic heterocycles. The maximum atomic E-state index is 10.5. The highest BCUT2D eigenvalue weighted by Gasteiger charge is 2.34. The van der Waals surface area contributed by atoms with Gasteiger partial charge >= 0.3 is 0 Å². The molecule has 1 heterocycles. The van der Waals surface area contributed by atoms with Gasteiger partial charge in [-0.15, -0.1) is 0 Å². The van der Waals surface area contributed by atoms with Crippen LogP contribution in [0.5, 0.6) is 0 Å². The van der Waals surface area contributed by atoms with Crippen LogP contribution in [-0.4, -0.2) is 34.8 Å². The zero-order valence-electron chi connectivity index (χ0n) is 10.4. The van der Waals surface area contributed by atoms with Crippen LogP contribution in [0.4, 0.5) is 0 Å². The number of hydrogen-bond donors (Lipinski definition) is 2. The molecule has 2 fully saturated rings. The van der Waals surface area contributed by atoms with Gasteiger partial charge in [0.25, 0.3) is 0 Å². The van der Waals surface area contributed by atoms with Gasteiger partial charge in [0.2, 0.25) is 0 Å². The van der Waals surface area contributed by atoms with E-state index in [2.05, 4.69) is 5.32 Å². The predicted molar refractivity (Wildman–Crippen MR) is 70.9 cm³/mol. The second-order valence-electron chi connectivity index (χ2n) is 5.63. The standard InChI is InChI=1S/C13H25NOS/c1-13(15,11-5-2-3-6-11)10-14-12-7-4-8-16-9-12/h11-12,14-15H,2-10H2,1H3. The van der Waals surface area contributed by atoms with E-state index in [1.165, 1.54) is 50.0 Å². The molecule has 1 saturated heterocycles. The predicted octanol–water partition coefficient (Wildman–Crippen LogP) is 2.41. The monoisotopic (exact) mass is 243 g/mol. The van der Waals surface area contributed by atoms with Crippen molar-refractivity contribution in [2.75, 3.05) is 18.1 Å². The Labute approximate surface area is 104 Å². The van der Waals surface area contributed by atoms with Gasteiger partial charge in [-0.3, -0.25) is 0 Å². The van der Waals surface area contributed by atoms with Crippen molar-refractivity contribution in [3.63, 3.8) is 0 Å². The summed E-state index contributed by atoms with van der Waals surface area (Å²) in [6.45, 7) is 2.80. The van der Waals surface area contributed by atoms with Gasteiger partial charge in [-0.1, -0.05) is 12.8 Å². The zero-order chi connectivity index (χ0) is 11.4. The molecule has 1 aliphatic carbocycles. The van der Waals surface area contributed by atoms with Crippen LogP contribution >= 0.6 is 11.8 Å². The van der Waals surface area contributed by atoms with Crippen molar-refractivity contribution in [2.45, 2.75) is 57.1 Å². The van der Waals surface area contributed by atoms with Crippen molar-refractivity contribution in [3.8, 4) is 0 Å². The van der Waals surface area contributed by atoms with Crippen LogP contribution < -0.4 is 5.32 Å². The molecule has 0 aromatic rings. The first-order chi connectivity index (χ1) is 7.68. The number of aliphatic hydroxyl groups is 1. The largest absolute Gasteiger partial charge is 0.389 e. The zero-order valence-corrected chi connectivity index (χ0v) is 11.2. The van der Waals surface area contributed by atoms with Gasteiger partial charge in [0, 0.05) is 18.3 Å². The van der Waals surface area contributed by atoms with Crippen LogP contribution in [0, 0.1) is 5.92 Å². The van der Waals surface area contributed by atoms with Crippen molar-refractivity contribution in [1.29, 1.82) is 0 Å². The van der Waals surface area contributed by atoms with Gasteiger partial charge in [0.05, 0.1) is 5.60 Å². The summed E-state index contributed by atoms with van der Waals surface area (Å²) in [7, 11) is 0. The smallest absolute Gasteiger partial charge is 0.0771 e. The Kier molecular flexibility index (Phi) is 4.57. The number of hydrogen-bond acceptors (Lipinski definition) is 3. The Hall–Kier alpha value is 0.270. The summed E-state index contributed by atoms with van der Waals surface area (Å²) in [5.74, 6) is 3.06. The van der Waals surface area contributed by atoms with E-state index < -0.39 is 5.60 Å². The first-order valence-corrected chi connectivity index (χ1v) is 7.87. The van der Waals surface area contributed by atoms with Gasteiger partial charge in [-0.05, 0) is 44.3 Å². The molecule has 3 heteroatoms. The summed E-state index contributed by atoms with van der Waals surface area (Å²) in [6.07, 6.45) is 7.66. The molecule has 0 aromatic heterocycles. The molecule has 16 heavy (non-hydrogen) atoms. The van der Waals surface area contributed by atoms with Gasteiger partial charge in [0.15, 0.2) is 0 Å². The van der Waals surface area contributed by atoms with Crippen LogP contribution in [0.25, 0.3) is 0 Å². The van der Waals surface area contributed by atoms with Gasteiger partial charge < -0.3 is 10.4 Å². The summed E-state index contributed by atoms with van der Waals surface area (Å²) in [5, 5.41) is 14.0. The van der Waals surface area contributed by atoms with Crippen molar-refractivity contribution in [3.05, 3.63) is 0 Å². The normalized spacial score (nSPS) is 31.5. The third kappa shape index (κ3) is 3.38. The highest BCUT2D eigenvalue weighted by molar-refractivity contribution is 7.99. The van der Waals surface area contributed by atoms with Crippen LogP contribution in [0.1, 0.15) is 45.4 Å². The second-order valence-corrected chi connectivity index (χ2v) is 6.78. The Balaban J connectivity index is 1.74. The molecule has 2 rings (SSSR count). The summed E-state index contributed by atoms with van der Waals surface area (Å²) < 4.78 is 0. The number of nitrogens with one attached hydrogen (secondary N) is 1. The molecule has 2 unspecified atom stereocenters. The first-order valence-electron chi connectivity index (χ1n) is 6.72. The molecule has 94 valence electrons. The average Bonchev–Trinajstić information content (AvgIpc) is 2.82. The summed E-state index contributed by atoms with van der Waals surface area (Å²) in [6, 6.07) is 0.631. The average molecular weight is 243 g/mol. The lowest BCUT2D eigenvalue weighted by Gasteiger charge is -2.33. The van der Waals surface area contributed by atoms with Crippen molar-refractivity contribution < 1.29 is 5.11 Å². The quantitative estimate of drug-likeness (QED) is 0.795. The number of rotatable bonds is 4. The third-order valence-electron chi connectivity index (χ3n) is 4.14. The van der Waals surface area contributed by atoms with E-state index >= 15 is 0 Å². The molecule has 2 nitrogen and oxygen atoms in total. The molecular formula is C13H25NOS. The molecule has 0 spiro atoms. The Bertz CT molecular complexity index is 208. The highest BCUT2D eigenvalue weighted by Crippen LogP contribution is 2.33. The molecule has 2 N–H and O–H groups in total. The van der Waals surface area contributed by atoms with Crippen molar-refractivity contribution in [1.82, 2.24) is 5.32 Å². The molecule has 0 radical (unpaired) electrons. The van der Waals surface area contributed by atoms with E-state index in [-0.39, 0.29) is 0 Å². The Morgan fingerprint density at radius 1 is 1.25 bits per heavy atom. The van der Waals surface area contributed by atoms with Crippen LogP contribution in [0.15, 0.2) is 0 Å². The first kappa shape index (κ1) is 12.7. The lowest BCUT2D eigenvalue weighted by atomic mass is 9.87. The minimum Gasteiger partial charge on any atom is -0.389 e. The second kappa shape index (κ2) is 5.74. The lowest BCUT2D eigenvalue weighted by Crippen LogP contribution is -2.47. The Morgan fingerprint density at radius 2 is 2.00 bits per heavy atom. The van der Waals surface area contributed by atoms with E-state index in [0.717, 1.165) is 6.54 Å². The van der Waals surface area contributed by atoms with E-state index in [0.29, 0.717) is 12.0 Å². The van der Waals surface area contributed by atoms with Gasteiger partial charge in [0.1, 0.15) is 0 Å². The summed E-state index contributed by atoms with van der Waals surface area (Å²) in [5.41, 5.74) is -0.487. The topological polar surface area (TPSA) is 32.3 Å². The van der Waals surface area contributed by atoms with E-state index in [1.54, 1.807) is 0 Å². The molecule has 0 aromatic carbocycles. The minimum absolute atomic E-state index is 0.487. The molecule has 1 saturated carbocycles. The lowest BCUT2D eigenvalue weighted by molar-refractivity contribution is 0.000418. The fourth-order valence-electron chi connectivity index (χ4n) is 2.94. The van der Waals surface area contributed by atoms with E-state index in [1.807, 2.05) is 18.7 Å². The fraction of sp³-hybridized carbons (Fsp3) is 1.00. The van der Waals surface area contributed by atoms with E-state index in [4.69, 9.17) is 0 Å². The Morgan fingerprint density at radius 3 is 2.62 bits per heavy atom. The molecule has 2 atom stereocenters. The SMILES string of the molecule is CC(O)(CNC1CCCSC1)C1CCCC1. The number of thioether (sulfide) groups is 1. The maximum absolute atomic E-state index is 10.5. The molecule has 0 bridgehead atoms. The third-order valence-corrected chi connectivity index (χ3v) is 5.36. The highest BCUT2D eigenvalue weighted by atomic mass is 32.2. The van der Waals surface area contributed by atoms with Crippen molar-refractivity contribution >= 4 is 11.8 Å². The summed E-state index contributed by atoms with van der Waals surface area (Å²) in [4.78, 5) is 0. The van der Waals surface area contributed by atoms with Crippen LogP contribution in [-0.2, 0) is 0 Å². The van der Waals surface area contributed by atoms with Gasteiger partial charge in [-0.2, -0.15) is 11.8 Å². The van der Waals surface area contributed by atoms with E-state index in [9.17, 15) is 5.11 Å².